The highest BCUT2D eigenvalue weighted by molar-refractivity contribution is 5.90. The van der Waals surface area contributed by atoms with Gasteiger partial charge >= 0.3 is 0 Å². The fourth-order valence-electron chi connectivity index (χ4n) is 7.52. The van der Waals surface area contributed by atoms with Gasteiger partial charge in [0.2, 0.25) is 0 Å². The molecule has 1 saturated heterocycles. The molecule has 11 nitrogen and oxygen atoms in total. The largest absolute Gasteiger partial charge is 0.505 e. The van der Waals surface area contributed by atoms with Crippen LogP contribution in [0.5, 0.6) is 0 Å². The molecule has 7 atom stereocenters. The first kappa shape index (κ1) is 48.0. The van der Waals surface area contributed by atoms with Gasteiger partial charge in [0.15, 0.2) is 6.29 Å². The number of nitrogens with zero attached hydrogens (tertiary/aromatic N) is 1. The van der Waals surface area contributed by atoms with Crippen LogP contribution >= 0.6 is 0 Å². The van der Waals surface area contributed by atoms with Crippen LogP contribution in [0.1, 0.15) is 33.4 Å². The SMILES string of the molecule is CO/C=C/[C@@H](OCc1ccccc1)[C@H](OCc1ccccc1)/C(CO[C@@H]1O[C@H](COCc2ccccc2)[C@@H](OCc2ccccc2)[C@H](OCc2ccccc2)[C@H]1OCc1ccccc1)=N\O. The molecule has 1 aliphatic heterocycles. The van der Waals surface area contributed by atoms with E-state index < -0.39 is 42.9 Å². The first-order valence-electron chi connectivity index (χ1n) is 22.2. The van der Waals surface area contributed by atoms with E-state index in [9.17, 15) is 5.21 Å². The van der Waals surface area contributed by atoms with E-state index in [-0.39, 0.29) is 52.0 Å². The summed E-state index contributed by atoms with van der Waals surface area (Å²) < 4.78 is 59.0. The quantitative estimate of drug-likeness (QED) is 0.0244. The number of hydrogen-bond acceptors (Lipinski definition) is 11. The van der Waals surface area contributed by atoms with Gasteiger partial charge in [-0.15, -0.1) is 0 Å². The van der Waals surface area contributed by atoms with Crippen LogP contribution in [0.4, 0.5) is 0 Å². The topological polar surface area (TPSA) is 116 Å². The number of rotatable bonds is 26. The first-order valence-corrected chi connectivity index (χ1v) is 22.2. The first-order chi connectivity index (χ1) is 32.7. The van der Waals surface area contributed by atoms with Crippen LogP contribution in [0.3, 0.4) is 0 Å². The Morgan fingerprint density at radius 2 is 0.924 bits per heavy atom. The molecule has 344 valence electrons. The van der Waals surface area contributed by atoms with Gasteiger partial charge in [0.1, 0.15) is 42.3 Å². The molecule has 0 radical (unpaired) electrons. The minimum absolute atomic E-state index is 0.145. The molecule has 0 unspecified atom stereocenters. The highest BCUT2D eigenvalue weighted by atomic mass is 16.7. The van der Waals surface area contributed by atoms with Gasteiger partial charge in [-0.1, -0.05) is 187 Å². The van der Waals surface area contributed by atoms with Gasteiger partial charge in [-0.05, 0) is 39.5 Å². The van der Waals surface area contributed by atoms with Gasteiger partial charge in [-0.2, -0.15) is 0 Å². The molecule has 6 aromatic carbocycles. The molecule has 1 N–H and O–H groups in total. The fraction of sp³-hybridized carbons (Fsp3) is 0.291. The van der Waals surface area contributed by atoms with E-state index in [1.54, 1.807) is 13.2 Å². The number of ether oxygens (including phenoxy) is 9. The van der Waals surface area contributed by atoms with Crippen LogP contribution < -0.4 is 0 Å². The molecule has 0 saturated carbocycles. The predicted molar refractivity (Wildman–Crippen MR) is 251 cm³/mol. The Balaban J connectivity index is 1.21. The smallest absolute Gasteiger partial charge is 0.187 e. The molecule has 7 rings (SSSR count). The van der Waals surface area contributed by atoms with Crippen molar-refractivity contribution in [1.29, 1.82) is 0 Å². The Morgan fingerprint density at radius 1 is 0.515 bits per heavy atom. The molecule has 0 spiro atoms. The summed E-state index contributed by atoms with van der Waals surface area (Å²) in [5.74, 6) is 0. The van der Waals surface area contributed by atoms with Gasteiger partial charge in [0.25, 0.3) is 0 Å². The zero-order chi connectivity index (χ0) is 45.4. The molecule has 66 heavy (non-hydrogen) atoms. The highest BCUT2D eigenvalue weighted by Crippen LogP contribution is 2.32. The van der Waals surface area contributed by atoms with Crippen molar-refractivity contribution in [1.82, 2.24) is 0 Å². The Morgan fingerprint density at radius 3 is 1.38 bits per heavy atom. The summed E-state index contributed by atoms with van der Waals surface area (Å²) in [5, 5.41) is 14.6. The van der Waals surface area contributed by atoms with E-state index in [0.717, 1.165) is 33.4 Å². The van der Waals surface area contributed by atoms with Gasteiger partial charge in [-0.25, -0.2) is 0 Å². The maximum atomic E-state index is 10.8. The van der Waals surface area contributed by atoms with Gasteiger partial charge in [0, 0.05) is 0 Å². The number of methoxy groups -OCH3 is 1. The average Bonchev–Trinajstić information content (AvgIpc) is 3.38. The van der Waals surface area contributed by atoms with Crippen LogP contribution in [0.25, 0.3) is 0 Å². The van der Waals surface area contributed by atoms with E-state index in [0.29, 0.717) is 6.61 Å². The van der Waals surface area contributed by atoms with E-state index in [2.05, 4.69) is 5.16 Å². The van der Waals surface area contributed by atoms with Crippen LogP contribution in [0, 0.1) is 0 Å². The summed E-state index contributed by atoms with van der Waals surface area (Å²) in [6, 6.07) is 59.3. The van der Waals surface area contributed by atoms with Gasteiger partial charge < -0.3 is 47.8 Å². The minimum atomic E-state index is -1.07. The summed E-state index contributed by atoms with van der Waals surface area (Å²) in [6.07, 6.45) is -2.45. The standard InChI is InChI=1S/C55H59NO10/c1-58-33-32-49(60-35-43-22-10-3-11-23-43)51(61-36-44-24-12-4-13-25-44)48(56-57)40-65-55-54(64-39-47-30-18-7-19-31-47)53(63-38-46-28-16-6-17-29-46)52(62-37-45-26-14-5-15-27-45)50(66-55)41-59-34-42-20-8-2-9-21-42/h2-33,49-55,57H,34-41H2,1H3/b33-32+,56-48-/t49-,50-,51-,52-,53+,54-,55-/m1/s1. The normalized spacial score (nSPS) is 19.7. The monoisotopic (exact) mass is 893 g/mol. The molecule has 0 bridgehead atoms. The molecule has 1 heterocycles. The Bertz CT molecular complexity index is 2270. The van der Waals surface area contributed by atoms with Crippen LogP contribution in [0.2, 0.25) is 0 Å². The highest BCUT2D eigenvalue weighted by Gasteiger charge is 2.49. The number of hydrogen-bond donors (Lipinski definition) is 1. The van der Waals surface area contributed by atoms with Crippen molar-refractivity contribution >= 4 is 5.71 Å². The average molecular weight is 894 g/mol. The molecule has 11 heteroatoms. The van der Waals surface area contributed by atoms with Crippen molar-refractivity contribution in [3.63, 3.8) is 0 Å². The van der Waals surface area contributed by atoms with Crippen LogP contribution in [-0.4, -0.2) is 74.2 Å². The van der Waals surface area contributed by atoms with Crippen LogP contribution in [0.15, 0.2) is 199 Å². The lowest BCUT2D eigenvalue weighted by Gasteiger charge is -2.46. The van der Waals surface area contributed by atoms with Crippen molar-refractivity contribution in [2.24, 2.45) is 5.16 Å². The van der Waals surface area contributed by atoms with Gasteiger partial charge in [0.05, 0.1) is 66.2 Å². The number of oxime groups is 1. The third kappa shape index (κ3) is 15.0. The lowest BCUT2D eigenvalue weighted by atomic mass is 9.97. The molecule has 1 fully saturated rings. The molecule has 6 aromatic rings. The Hall–Kier alpha value is -5.99. The maximum Gasteiger partial charge on any atom is 0.187 e. The van der Waals surface area contributed by atoms with Crippen molar-refractivity contribution in [2.75, 3.05) is 20.3 Å². The summed E-state index contributed by atoms with van der Waals surface area (Å²) in [5.41, 5.74) is 5.94. The molecular weight excluding hydrogens is 835 g/mol. The summed E-state index contributed by atoms with van der Waals surface area (Å²) in [7, 11) is 1.55. The third-order valence-electron chi connectivity index (χ3n) is 11.0. The molecule has 0 amide bonds. The van der Waals surface area contributed by atoms with Crippen molar-refractivity contribution in [3.05, 3.63) is 228 Å². The van der Waals surface area contributed by atoms with E-state index in [4.69, 9.17) is 42.6 Å². The minimum Gasteiger partial charge on any atom is -0.505 e. The second-order valence-electron chi connectivity index (χ2n) is 15.8. The number of benzene rings is 6. The molecular formula is C55H59NO10. The second kappa shape index (κ2) is 26.8. The van der Waals surface area contributed by atoms with E-state index in [1.807, 2.05) is 182 Å². The fourth-order valence-corrected chi connectivity index (χ4v) is 7.52. The molecule has 0 aromatic heterocycles. The lowest BCUT2D eigenvalue weighted by Crippen LogP contribution is -2.62. The zero-order valence-corrected chi connectivity index (χ0v) is 37.2. The molecule has 0 aliphatic carbocycles. The summed E-state index contributed by atoms with van der Waals surface area (Å²) >= 11 is 0. The van der Waals surface area contributed by atoms with E-state index >= 15 is 0 Å². The zero-order valence-electron chi connectivity index (χ0n) is 37.2. The van der Waals surface area contributed by atoms with Crippen molar-refractivity contribution < 1.29 is 47.8 Å². The lowest BCUT2D eigenvalue weighted by molar-refractivity contribution is -0.325. The third-order valence-corrected chi connectivity index (χ3v) is 11.0. The second-order valence-corrected chi connectivity index (χ2v) is 15.8. The van der Waals surface area contributed by atoms with E-state index in [1.165, 1.54) is 6.26 Å². The Labute approximate surface area is 388 Å². The van der Waals surface area contributed by atoms with Crippen molar-refractivity contribution in [3.8, 4) is 0 Å². The van der Waals surface area contributed by atoms with Crippen LogP contribution in [-0.2, 0) is 82.3 Å². The maximum absolute atomic E-state index is 10.8. The molecule has 1 aliphatic rings. The van der Waals surface area contributed by atoms with Crippen molar-refractivity contribution in [2.45, 2.75) is 82.6 Å². The predicted octanol–water partition coefficient (Wildman–Crippen LogP) is 9.86. The summed E-state index contributed by atoms with van der Waals surface area (Å²) in [6.45, 7) is 1.47. The van der Waals surface area contributed by atoms with Gasteiger partial charge in [-0.3, -0.25) is 0 Å². The summed E-state index contributed by atoms with van der Waals surface area (Å²) in [4.78, 5) is 0. The Kier molecular flexibility index (Phi) is 19.5.